The normalized spacial score (nSPS) is 15.8. The number of rotatable bonds is 4. The van der Waals surface area contributed by atoms with E-state index in [2.05, 4.69) is 11.0 Å². The van der Waals surface area contributed by atoms with E-state index < -0.39 is 10.0 Å². The molecule has 0 aliphatic carbocycles. The van der Waals surface area contributed by atoms with Crippen LogP contribution in [0.4, 0.5) is 5.69 Å². The maximum absolute atomic E-state index is 12.8. The van der Waals surface area contributed by atoms with Gasteiger partial charge in [-0.15, -0.1) is 0 Å². The van der Waals surface area contributed by atoms with Crippen molar-refractivity contribution >= 4 is 15.7 Å². The van der Waals surface area contributed by atoms with E-state index in [9.17, 15) is 8.42 Å². The predicted octanol–water partition coefficient (Wildman–Crippen LogP) is 2.63. The van der Waals surface area contributed by atoms with Gasteiger partial charge in [0.1, 0.15) is 0 Å². The Morgan fingerprint density at radius 3 is 2.32 bits per heavy atom. The highest BCUT2D eigenvalue weighted by molar-refractivity contribution is 7.89. The minimum absolute atomic E-state index is 0.352. The van der Waals surface area contributed by atoms with Gasteiger partial charge < -0.3 is 4.90 Å². The summed E-state index contributed by atoms with van der Waals surface area (Å²) < 4.78 is 27.1. The Hall–Kier alpha value is -2.36. The molecule has 1 fully saturated rings. The molecule has 0 aromatic heterocycles. The van der Waals surface area contributed by atoms with Gasteiger partial charge in [0.15, 0.2) is 0 Å². The highest BCUT2D eigenvalue weighted by atomic mass is 32.2. The largest absolute Gasteiger partial charge is 0.369 e. The molecule has 0 spiro atoms. The van der Waals surface area contributed by atoms with Gasteiger partial charge in [-0.2, -0.15) is 9.57 Å². The maximum Gasteiger partial charge on any atom is 0.243 e. The summed E-state index contributed by atoms with van der Waals surface area (Å²) in [5.74, 6) is 0. The van der Waals surface area contributed by atoms with Gasteiger partial charge in [0.2, 0.25) is 10.0 Å². The fraction of sp³-hybridized carbons (Fsp3) is 0.316. The van der Waals surface area contributed by atoms with Crippen molar-refractivity contribution in [2.24, 2.45) is 0 Å². The second-order valence-electron chi connectivity index (χ2n) is 6.05. The molecular formula is C19H21N3O2S. The summed E-state index contributed by atoms with van der Waals surface area (Å²) in [6.07, 6.45) is 0.890. The Morgan fingerprint density at radius 2 is 1.72 bits per heavy atom. The Labute approximate surface area is 149 Å². The van der Waals surface area contributed by atoms with Crippen molar-refractivity contribution < 1.29 is 8.42 Å². The topological polar surface area (TPSA) is 64.4 Å². The third-order valence-electron chi connectivity index (χ3n) is 4.55. The van der Waals surface area contributed by atoms with Gasteiger partial charge in [-0.1, -0.05) is 25.1 Å². The van der Waals surface area contributed by atoms with Crippen LogP contribution in [0.1, 0.15) is 18.1 Å². The third-order valence-corrected chi connectivity index (χ3v) is 6.46. The number of hydrogen-bond donors (Lipinski definition) is 0. The van der Waals surface area contributed by atoms with E-state index in [1.165, 1.54) is 0 Å². The first kappa shape index (κ1) is 17.5. The molecule has 25 heavy (non-hydrogen) atoms. The number of nitrogens with zero attached hydrogens (tertiary/aromatic N) is 3. The predicted molar refractivity (Wildman–Crippen MR) is 97.9 cm³/mol. The number of piperazine rings is 1. The van der Waals surface area contributed by atoms with Crippen molar-refractivity contribution in [1.29, 1.82) is 5.26 Å². The van der Waals surface area contributed by atoms with Gasteiger partial charge in [0.25, 0.3) is 0 Å². The quantitative estimate of drug-likeness (QED) is 0.846. The van der Waals surface area contributed by atoms with Crippen molar-refractivity contribution in [3.05, 3.63) is 59.7 Å². The fourth-order valence-electron chi connectivity index (χ4n) is 3.01. The summed E-state index contributed by atoms with van der Waals surface area (Å²) in [5, 5.41) is 9.02. The molecule has 0 N–H and O–H groups in total. The standard InChI is InChI=1S/C19H21N3O2S/c1-2-16-6-8-19(9-7-16)25(23,24)22-12-10-21(11-13-22)18-5-3-4-17(14-18)15-20/h3-9,14H,2,10-13H2,1H3. The smallest absolute Gasteiger partial charge is 0.243 e. The minimum Gasteiger partial charge on any atom is -0.369 e. The van der Waals surface area contributed by atoms with E-state index in [1.807, 2.05) is 37.3 Å². The van der Waals surface area contributed by atoms with Crippen LogP contribution in [0, 0.1) is 11.3 Å². The molecule has 0 unspecified atom stereocenters. The average molecular weight is 355 g/mol. The highest BCUT2D eigenvalue weighted by Gasteiger charge is 2.28. The Balaban J connectivity index is 1.71. The molecule has 0 radical (unpaired) electrons. The van der Waals surface area contributed by atoms with E-state index in [0.29, 0.717) is 36.6 Å². The molecule has 0 atom stereocenters. The number of nitriles is 1. The molecule has 0 amide bonds. The van der Waals surface area contributed by atoms with Gasteiger partial charge in [0.05, 0.1) is 16.5 Å². The molecule has 6 heteroatoms. The van der Waals surface area contributed by atoms with Crippen LogP contribution in [0.25, 0.3) is 0 Å². The minimum atomic E-state index is -3.45. The molecule has 1 aliphatic rings. The zero-order valence-electron chi connectivity index (χ0n) is 14.2. The molecule has 5 nitrogen and oxygen atoms in total. The van der Waals surface area contributed by atoms with E-state index in [4.69, 9.17) is 5.26 Å². The molecule has 1 aliphatic heterocycles. The Bertz CT molecular complexity index is 878. The number of hydrogen-bond acceptors (Lipinski definition) is 4. The molecule has 3 rings (SSSR count). The number of sulfonamides is 1. The summed E-state index contributed by atoms with van der Waals surface area (Å²) in [5.41, 5.74) is 2.70. The lowest BCUT2D eigenvalue weighted by molar-refractivity contribution is 0.385. The summed E-state index contributed by atoms with van der Waals surface area (Å²) in [7, 11) is -3.45. The average Bonchev–Trinajstić information content (AvgIpc) is 2.68. The SMILES string of the molecule is CCc1ccc(S(=O)(=O)N2CCN(c3cccc(C#N)c3)CC2)cc1. The molecule has 0 bridgehead atoms. The van der Waals surface area contributed by atoms with Crippen molar-refractivity contribution in [2.45, 2.75) is 18.2 Å². The lowest BCUT2D eigenvalue weighted by Gasteiger charge is -2.35. The fourth-order valence-corrected chi connectivity index (χ4v) is 4.43. The number of aryl methyl sites for hydroxylation is 1. The van der Waals surface area contributed by atoms with E-state index in [1.54, 1.807) is 22.5 Å². The van der Waals surface area contributed by atoms with Crippen LogP contribution in [0.3, 0.4) is 0 Å². The second kappa shape index (κ2) is 7.26. The Morgan fingerprint density at radius 1 is 1.04 bits per heavy atom. The van der Waals surface area contributed by atoms with Gasteiger partial charge in [0, 0.05) is 31.9 Å². The van der Waals surface area contributed by atoms with Gasteiger partial charge >= 0.3 is 0 Å². The molecule has 2 aromatic carbocycles. The summed E-state index contributed by atoms with van der Waals surface area (Å²) in [4.78, 5) is 2.47. The van der Waals surface area contributed by atoms with Crippen molar-refractivity contribution in [3.8, 4) is 6.07 Å². The third kappa shape index (κ3) is 3.68. The van der Waals surface area contributed by atoms with Crippen molar-refractivity contribution in [1.82, 2.24) is 4.31 Å². The molecule has 0 saturated carbocycles. The summed E-state index contributed by atoms with van der Waals surface area (Å²) >= 11 is 0. The van der Waals surface area contributed by atoms with Crippen LogP contribution in [0.2, 0.25) is 0 Å². The number of anilines is 1. The first-order valence-corrected chi connectivity index (χ1v) is 9.83. The molecule has 1 heterocycles. The number of benzene rings is 2. The first-order valence-electron chi connectivity index (χ1n) is 8.39. The highest BCUT2D eigenvalue weighted by Crippen LogP contribution is 2.22. The van der Waals surface area contributed by atoms with Crippen molar-refractivity contribution in [3.63, 3.8) is 0 Å². The monoisotopic (exact) mass is 355 g/mol. The van der Waals surface area contributed by atoms with Crippen molar-refractivity contribution in [2.75, 3.05) is 31.1 Å². The van der Waals surface area contributed by atoms with Gasteiger partial charge in [-0.25, -0.2) is 8.42 Å². The second-order valence-corrected chi connectivity index (χ2v) is 7.99. The van der Waals surface area contributed by atoms with Crippen LogP contribution in [0.15, 0.2) is 53.4 Å². The van der Waals surface area contributed by atoms with E-state index >= 15 is 0 Å². The lowest BCUT2D eigenvalue weighted by atomic mass is 10.2. The summed E-state index contributed by atoms with van der Waals surface area (Å²) in [6, 6.07) is 16.7. The van der Waals surface area contributed by atoms with Crippen LogP contribution in [-0.4, -0.2) is 38.9 Å². The van der Waals surface area contributed by atoms with Crippen LogP contribution in [0.5, 0.6) is 0 Å². The molecule has 2 aromatic rings. The maximum atomic E-state index is 12.8. The lowest BCUT2D eigenvalue weighted by Crippen LogP contribution is -2.48. The van der Waals surface area contributed by atoms with Crippen LogP contribution < -0.4 is 4.90 Å². The van der Waals surface area contributed by atoms with Gasteiger partial charge in [-0.05, 0) is 42.3 Å². The summed E-state index contributed by atoms with van der Waals surface area (Å²) in [6.45, 7) is 4.15. The Kier molecular flexibility index (Phi) is 5.07. The van der Waals surface area contributed by atoms with Gasteiger partial charge in [-0.3, -0.25) is 0 Å². The zero-order valence-corrected chi connectivity index (χ0v) is 15.0. The van der Waals surface area contributed by atoms with Crippen LogP contribution in [-0.2, 0) is 16.4 Å². The molecular weight excluding hydrogens is 334 g/mol. The van der Waals surface area contributed by atoms with E-state index in [-0.39, 0.29) is 0 Å². The molecule has 1 saturated heterocycles. The zero-order chi connectivity index (χ0) is 17.9. The molecule has 130 valence electrons. The van der Waals surface area contributed by atoms with E-state index in [0.717, 1.165) is 17.7 Å². The van der Waals surface area contributed by atoms with Crippen LogP contribution >= 0.6 is 0 Å². The first-order chi connectivity index (χ1) is 12.0.